The van der Waals surface area contributed by atoms with Gasteiger partial charge in [0.2, 0.25) is 5.91 Å². The first-order valence-corrected chi connectivity index (χ1v) is 9.57. The Labute approximate surface area is 152 Å². The molecule has 2 aromatic rings. The summed E-state index contributed by atoms with van der Waals surface area (Å²) in [6.07, 6.45) is 7.49. The first-order valence-electron chi connectivity index (χ1n) is 8.69. The van der Waals surface area contributed by atoms with Crippen LogP contribution in [0.4, 0.5) is 0 Å². The largest absolute Gasteiger partial charge is 0.495 e. The Balaban J connectivity index is 1.69. The van der Waals surface area contributed by atoms with Crippen LogP contribution in [-0.2, 0) is 4.79 Å². The molecule has 1 amide bonds. The fraction of sp³-hybridized carbons (Fsp3) is 0.500. The minimum atomic E-state index is -0.236. The van der Waals surface area contributed by atoms with E-state index in [1.54, 1.807) is 13.4 Å². The molecule has 0 bridgehead atoms. The third-order valence-corrected chi connectivity index (χ3v) is 5.52. The molecule has 1 heterocycles. The molecule has 1 aliphatic carbocycles. The number of amides is 1. The van der Waals surface area contributed by atoms with Crippen LogP contribution in [0.3, 0.4) is 0 Å². The van der Waals surface area contributed by atoms with Crippen LogP contribution < -0.4 is 10.1 Å². The predicted molar refractivity (Wildman–Crippen MR) is 98.2 cm³/mol. The number of carbonyl (C=O) groups is 1. The molecule has 0 radical (unpaired) electrons. The number of nitrogens with zero attached hydrogens (tertiary/aromatic N) is 3. The SMILES string of the molecule is COc1ccccc1-n1cnnc1SC(C)C(=O)NC1CCCCC1. The highest BCUT2D eigenvalue weighted by Crippen LogP contribution is 2.29. The van der Waals surface area contributed by atoms with Crippen molar-refractivity contribution in [2.75, 3.05) is 7.11 Å². The standard InChI is InChI=1S/C18H24N4O2S/c1-13(17(23)20-14-8-4-3-5-9-14)25-18-21-19-12-22(18)15-10-6-7-11-16(15)24-2/h6-7,10-14H,3-5,8-9H2,1-2H3,(H,20,23). The van der Waals surface area contributed by atoms with E-state index >= 15 is 0 Å². The van der Waals surface area contributed by atoms with Gasteiger partial charge in [0.25, 0.3) is 0 Å². The maximum absolute atomic E-state index is 12.5. The first kappa shape index (κ1) is 17.8. The minimum absolute atomic E-state index is 0.0616. The van der Waals surface area contributed by atoms with Gasteiger partial charge in [0, 0.05) is 6.04 Å². The zero-order chi connectivity index (χ0) is 17.6. The Bertz CT molecular complexity index is 713. The third kappa shape index (κ3) is 4.34. The summed E-state index contributed by atoms with van der Waals surface area (Å²) >= 11 is 1.41. The molecule has 7 heteroatoms. The molecule has 1 atom stereocenters. The quantitative estimate of drug-likeness (QED) is 0.801. The van der Waals surface area contributed by atoms with Gasteiger partial charge in [-0.1, -0.05) is 43.2 Å². The second-order valence-electron chi connectivity index (χ2n) is 6.26. The lowest BCUT2D eigenvalue weighted by Crippen LogP contribution is -2.40. The van der Waals surface area contributed by atoms with E-state index in [9.17, 15) is 4.79 Å². The Hall–Kier alpha value is -2.02. The molecule has 0 spiro atoms. The summed E-state index contributed by atoms with van der Waals surface area (Å²) in [7, 11) is 1.64. The molecular formula is C18H24N4O2S. The van der Waals surface area contributed by atoms with Crippen LogP contribution in [0.5, 0.6) is 5.75 Å². The second kappa shape index (κ2) is 8.38. The molecule has 1 aromatic heterocycles. The zero-order valence-electron chi connectivity index (χ0n) is 14.6. The summed E-state index contributed by atoms with van der Waals surface area (Å²) < 4.78 is 7.27. The van der Waals surface area contributed by atoms with Crippen molar-refractivity contribution in [2.45, 2.75) is 55.5 Å². The lowest BCUT2D eigenvalue weighted by Gasteiger charge is -2.24. The van der Waals surface area contributed by atoms with Crippen LogP contribution in [-0.4, -0.2) is 39.1 Å². The second-order valence-corrected chi connectivity index (χ2v) is 7.57. The van der Waals surface area contributed by atoms with Gasteiger partial charge in [-0.3, -0.25) is 9.36 Å². The summed E-state index contributed by atoms with van der Waals surface area (Å²) in [5.74, 6) is 0.801. The summed E-state index contributed by atoms with van der Waals surface area (Å²) in [5, 5.41) is 11.8. The number of para-hydroxylation sites is 2. The molecule has 3 rings (SSSR count). The molecule has 1 fully saturated rings. The van der Waals surface area contributed by atoms with Crippen molar-refractivity contribution in [1.82, 2.24) is 20.1 Å². The Morgan fingerprint density at radius 1 is 1.32 bits per heavy atom. The van der Waals surface area contributed by atoms with Crippen LogP contribution >= 0.6 is 11.8 Å². The van der Waals surface area contributed by atoms with E-state index in [0.29, 0.717) is 11.2 Å². The monoisotopic (exact) mass is 360 g/mol. The number of methoxy groups -OCH3 is 1. The van der Waals surface area contributed by atoms with E-state index in [4.69, 9.17) is 4.74 Å². The zero-order valence-corrected chi connectivity index (χ0v) is 15.5. The van der Waals surface area contributed by atoms with Crippen LogP contribution in [0.2, 0.25) is 0 Å². The third-order valence-electron chi connectivity index (χ3n) is 4.46. The van der Waals surface area contributed by atoms with Gasteiger partial charge >= 0.3 is 0 Å². The molecule has 25 heavy (non-hydrogen) atoms. The van der Waals surface area contributed by atoms with Gasteiger partial charge in [0.1, 0.15) is 12.1 Å². The van der Waals surface area contributed by atoms with Crippen molar-refractivity contribution in [3.8, 4) is 11.4 Å². The lowest BCUT2D eigenvalue weighted by molar-refractivity contribution is -0.121. The van der Waals surface area contributed by atoms with Crippen molar-refractivity contribution in [3.63, 3.8) is 0 Å². The number of hydrogen-bond acceptors (Lipinski definition) is 5. The highest BCUT2D eigenvalue weighted by Gasteiger charge is 2.22. The molecule has 1 unspecified atom stereocenters. The first-order chi connectivity index (χ1) is 12.2. The van der Waals surface area contributed by atoms with Gasteiger partial charge in [-0.25, -0.2) is 0 Å². The van der Waals surface area contributed by atoms with Gasteiger partial charge < -0.3 is 10.1 Å². The number of nitrogens with one attached hydrogen (secondary N) is 1. The van der Waals surface area contributed by atoms with Crippen LogP contribution in [0.25, 0.3) is 5.69 Å². The fourth-order valence-corrected chi connectivity index (χ4v) is 3.92. The van der Waals surface area contributed by atoms with Crippen molar-refractivity contribution < 1.29 is 9.53 Å². The fourth-order valence-electron chi connectivity index (χ4n) is 3.08. The molecule has 6 nitrogen and oxygen atoms in total. The summed E-state index contributed by atoms with van der Waals surface area (Å²) in [4.78, 5) is 12.5. The molecule has 0 saturated heterocycles. The van der Waals surface area contributed by atoms with Gasteiger partial charge in [-0.2, -0.15) is 0 Å². The minimum Gasteiger partial charge on any atom is -0.495 e. The molecule has 1 N–H and O–H groups in total. The van der Waals surface area contributed by atoms with E-state index in [1.165, 1.54) is 31.0 Å². The molecule has 0 aliphatic heterocycles. The highest BCUT2D eigenvalue weighted by molar-refractivity contribution is 8.00. The van der Waals surface area contributed by atoms with Gasteiger partial charge in [0.05, 0.1) is 18.0 Å². The van der Waals surface area contributed by atoms with E-state index in [0.717, 1.165) is 24.3 Å². The summed E-state index contributed by atoms with van der Waals surface area (Å²) in [5.41, 5.74) is 0.859. The molecule has 134 valence electrons. The smallest absolute Gasteiger partial charge is 0.233 e. The van der Waals surface area contributed by atoms with Crippen molar-refractivity contribution >= 4 is 17.7 Å². The Morgan fingerprint density at radius 3 is 2.84 bits per heavy atom. The topological polar surface area (TPSA) is 69.0 Å². The maximum Gasteiger partial charge on any atom is 0.233 e. The van der Waals surface area contributed by atoms with Crippen molar-refractivity contribution in [3.05, 3.63) is 30.6 Å². The van der Waals surface area contributed by atoms with E-state index < -0.39 is 0 Å². The number of aromatic nitrogens is 3. The normalized spacial score (nSPS) is 16.4. The summed E-state index contributed by atoms with van der Waals surface area (Å²) in [6, 6.07) is 8.00. The number of rotatable bonds is 6. The number of benzene rings is 1. The van der Waals surface area contributed by atoms with Crippen LogP contribution in [0.1, 0.15) is 39.0 Å². The summed E-state index contributed by atoms with van der Waals surface area (Å²) in [6.45, 7) is 1.91. The maximum atomic E-state index is 12.5. The van der Waals surface area contributed by atoms with Gasteiger partial charge in [0.15, 0.2) is 5.16 Å². The molecular weight excluding hydrogens is 336 g/mol. The molecule has 1 aliphatic rings. The van der Waals surface area contributed by atoms with Crippen molar-refractivity contribution in [1.29, 1.82) is 0 Å². The van der Waals surface area contributed by atoms with Crippen LogP contribution in [0.15, 0.2) is 35.7 Å². The molecule has 1 saturated carbocycles. The number of ether oxygens (including phenoxy) is 1. The average Bonchev–Trinajstić information content (AvgIpc) is 3.10. The van der Waals surface area contributed by atoms with Crippen LogP contribution in [0, 0.1) is 0 Å². The van der Waals surface area contributed by atoms with Gasteiger partial charge in [-0.05, 0) is 31.9 Å². The van der Waals surface area contributed by atoms with Crippen molar-refractivity contribution in [2.24, 2.45) is 0 Å². The van der Waals surface area contributed by atoms with E-state index in [-0.39, 0.29) is 11.2 Å². The number of carbonyl (C=O) groups excluding carboxylic acids is 1. The van der Waals surface area contributed by atoms with Gasteiger partial charge in [-0.15, -0.1) is 10.2 Å². The average molecular weight is 360 g/mol. The Kier molecular flexibility index (Phi) is 5.96. The van der Waals surface area contributed by atoms with E-state index in [1.807, 2.05) is 35.8 Å². The van der Waals surface area contributed by atoms with E-state index in [2.05, 4.69) is 15.5 Å². The number of hydrogen-bond donors (Lipinski definition) is 1. The lowest BCUT2D eigenvalue weighted by atomic mass is 9.95. The number of thioether (sulfide) groups is 1. The molecule has 1 aromatic carbocycles. The highest BCUT2D eigenvalue weighted by atomic mass is 32.2. The Morgan fingerprint density at radius 2 is 2.08 bits per heavy atom. The predicted octanol–water partition coefficient (Wildman–Crippen LogP) is 3.21.